The first-order valence-corrected chi connectivity index (χ1v) is 8.88. The number of benzene rings is 1. The molecule has 2 heterocycles. The monoisotopic (exact) mass is 382 g/mol. The first-order chi connectivity index (χ1) is 13.4. The third-order valence-electron chi connectivity index (χ3n) is 4.48. The van der Waals surface area contributed by atoms with Gasteiger partial charge in [0.2, 0.25) is 5.91 Å². The van der Waals surface area contributed by atoms with Gasteiger partial charge in [-0.05, 0) is 19.1 Å². The largest absolute Gasteiger partial charge is 0.376 e. The molecule has 0 radical (unpaired) electrons. The Morgan fingerprint density at radius 3 is 2.39 bits per heavy atom. The first-order valence-electron chi connectivity index (χ1n) is 8.88. The minimum absolute atomic E-state index is 0.306. The van der Waals surface area contributed by atoms with Crippen LogP contribution in [0.3, 0.4) is 0 Å². The average molecular weight is 382 g/mol. The second kappa shape index (κ2) is 8.03. The molecule has 9 nitrogen and oxygen atoms in total. The molecule has 1 unspecified atom stereocenters. The fourth-order valence-electron chi connectivity index (χ4n) is 2.89. The molecule has 28 heavy (non-hydrogen) atoms. The van der Waals surface area contributed by atoms with Crippen molar-refractivity contribution in [2.75, 3.05) is 37.4 Å². The van der Waals surface area contributed by atoms with Gasteiger partial charge in [-0.25, -0.2) is 0 Å². The SMILES string of the molecule is CC(C(=O)NCCNc1cc(N(C)C)cnn1)N1C(=O)c2ccccc2C1=O. The Bertz CT molecular complexity index is 879. The lowest BCUT2D eigenvalue weighted by molar-refractivity contribution is -0.124. The van der Waals surface area contributed by atoms with Crippen LogP contribution >= 0.6 is 0 Å². The van der Waals surface area contributed by atoms with Crippen molar-refractivity contribution in [2.45, 2.75) is 13.0 Å². The number of nitrogens with zero attached hydrogens (tertiary/aromatic N) is 4. The summed E-state index contributed by atoms with van der Waals surface area (Å²) in [5, 5.41) is 13.7. The van der Waals surface area contributed by atoms with Crippen molar-refractivity contribution in [1.82, 2.24) is 20.4 Å². The Balaban J connectivity index is 1.52. The van der Waals surface area contributed by atoms with E-state index in [1.807, 2.05) is 25.1 Å². The summed E-state index contributed by atoms with van der Waals surface area (Å²) in [6.45, 7) is 2.27. The van der Waals surface area contributed by atoms with Crippen LogP contribution < -0.4 is 15.5 Å². The van der Waals surface area contributed by atoms with Crippen LogP contribution in [0.5, 0.6) is 0 Å². The smallest absolute Gasteiger partial charge is 0.262 e. The average Bonchev–Trinajstić information content (AvgIpc) is 2.95. The van der Waals surface area contributed by atoms with E-state index in [9.17, 15) is 14.4 Å². The lowest BCUT2D eigenvalue weighted by atomic mass is 10.1. The molecular formula is C19H22N6O3. The lowest BCUT2D eigenvalue weighted by Crippen LogP contribution is -2.48. The number of nitrogens with one attached hydrogen (secondary N) is 2. The molecule has 1 aromatic heterocycles. The maximum Gasteiger partial charge on any atom is 0.262 e. The zero-order valence-corrected chi connectivity index (χ0v) is 16.0. The van der Waals surface area contributed by atoms with Crippen LogP contribution in [0, 0.1) is 0 Å². The van der Waals surface area contributed by atoms with Crippen LogP contribution in [0.25, 0.3) is 0 Å². The molecule has 0 fully saturated rings. The second-order valence-corrected chi connectivity index (χ2v) is 6.61. The Morgan fingerprint density at radius 2 is 1.79 bits per heavy atom. The summed E-state index contributed by atoms with van der Waals surface area (Å²) in [6, 6.07) is 7.51. The van der Waals surface area contributed by atoms with E-state index in [0.29, 0.717) is 30.0 Å². The molecule has 2 N–H and O–H groups in total. The van der Waals surface area contributed by atoms with E-state index >= 15 is 0 Å². The van der Waals surface area contributed by atoms with Crippen LogP contribution in [0.1, 0.15) is 27.6 Å². The molecule has 1 aromatic carbocycles. The lowest BCUT2D eigenvalue weighted by Gasteiger charge is -2.21. The third kappa shape index (κ3) is 3.78. The Morgan fingerprint density at radius 1 is 1.14 bits per heavy atom. The Labute approximate surface area is 162 Å². The number of carbonyl (C=O) groups is 3. The third-order valence-corrected chi connectivity index (χ3v) is 4.48. The molecule has 1 atom stereocenters. The maximum absolute atomic E-state index is 12.4. The number of hydrogen-bond donors (Lipinski definition) is 2. The Hall–Kier alpha value is -3.49. The number of aromatic nitrogens is 2. The van der Waals surface area contributed by atoms with Crippen LogP contribution in [0.2, 0.25) is 0 Å². The van der Waals surface area contributed by atoms with Crippen molar-refractivity contribution in [3.8, 4) is 0 Å². The molecule has 9 heteroatoms. The second-order valence-electron chi connectivity index (χ2n) is 6.61. The number of rotatable bonds is 7. The Kier molecular flexibility index (Phi) is 5.53. The van der Waals surface area contributed by atoms with Gasteiger partial charge in [0.1, 0.15) is 6.04 Å². The fourth-order valence-corrected chi connectivity index (χ4v) is 2.89. The fraction of sp³-hybridized carbons (Fsp3) is 0.316. The quantitative estimate of drug-likeness (QED) is 0.538. The topological polar surface area (TPSA) is 108 Å². The summed E-state index contributed by atoms with van der Waals surface area (Å²) in [7, 11) is 3.81. The van der Waals surface area contributed by atoms with Crippen LogP contribution in [0.4, 0.5) is 11.5 Å². The van der Waals surface area contributed by atoms with Crippen LogP contribution in [-0.2, 0) is 4.79 Å². The standard InChI is InChI=1S/C19H22N6O3/c1-12(25-18(27)14-6-4-5-7-15(14)19(25)28)17(26)21-9-8-20-16-10-13(24(2)3)11-22-23-16/h4-7,10-12H,8-9H2,1-3H3,(H,20,23)(H,21,26). The van der Waals surface area contributed by atoms with E-state index < -0.39 is 23.8 Å². The first kappa shape index (κ1) is 19.3. The summed E-state index contributed by atoms with van der Waals surface area (Å²) in [6.07, 6.45) is 1.65. The van der Waals surface area contributed by atoms with E-state index in [-0.39, 0.29) is 0 Å². The highest BCUT2D eigenvalue weighted by atomic mass is 16.2. The highest BCUT2D eigenvalue weighted by Crippen LogP contribution is 2.24. The normalized spacial score (nSPS) is 13.9. The summed E-state index contributed by atoms with van der Waals surface area (Å²) in [5.41, 5.74) is 1.56. The molecule has 0 saturated heterocycles. The minimum Gasteiger partial charge on any atom is -0.376 e. The van der Waals surface area contributed by atoms with Crippen molar-refractivity contribution in [1.29, 1.82) is 0 Å². The molecule has 1 aliphatic rings. The molecule has 146 valence electrons. The molecular weight excluding hydrogens is 360 g/mol. The number of fused-ring (bicyclic) bond motifs is 1. The van der Waals surface area contributed by atoms with E-state index in [1.165, 1.54) is 6.92 Å². The zero-order valence-electron chi connectivity index (χ0n) is 16.0. The summed E-state index contributed by atoms with van der Waals surface area (Å²) >= 11 is 0. The zero-order chi connectivity index (χ0) is 20.3. The van der Waals surface area contributed by atoms with Gasteiger partial charge in [-0.2, -0.15) is 5.10 Å². The maximum atomic E-state index is 12.4. The molecule has 0 spiro atoms. The van der Waals surface area contributed by atoms with Gasteiger partial charge in [-0.3, -0.25) is 19.3 Å². The summed E-state index contributed by atoms with van der Waals surface area (Å²) < 4.78 is 0. The molecule has 2 aromatic rings. The molecule has 0 aliphatic carbocycles. The van der Waals surface area contributed by atoms with Crippen LogP contribution in [-0.4, -0.2) is 66.0 Å². The van der Waals surface area contributed by atoms with Gasteiger partial charge in [-0.15, -0.1) is 5.10 Å². The van der Waals surface area contributed by atoms with Gasteiger partial charge >= 0.3 is 0 Å². The van der Waals surface area contributed by atoms with Crippen molar-refractivity contribution < 1.29 is 14.4 Å². The van der Waals surface area contributed by atoms with Gasteiger partial charge < -0.3 is 15.5 Å². The molecule has 3 amide bonds. The van der Waals surface area contributed by atoms with Crippen molar-refractivity contribution >= 4 is 29.2 Å². The van der Waals surface area contributed by atoms with Gasteiger partial charge in [-0.1, -0.05) is 12.1 Å². The summed E-state index contributed by atoms with van der Waals surface area (Å²) in [4.78, 5) is 40.2. The molecule has 0 bridgehead atoms. The molecule has 1 aliphatic heterocycles. The minimum atomic E-state index is -0.899. The molecule has 3 rings (SSSR count). The number of imide groups is 1. The van der Waals surface area contributed by atoms with E-state index in [4.69, 9.17) is 0 Å². The van der Waals surface area contributed by atoms with Crippen molar-refractivity contribution in [3.63, 3.8) is 0 Å². The predicted molar refractivity (Wildman–Crippen MR) is 104 cm³/mol. The van der Waals surface area contributed by atoms with E-state index in [1.54, 1.807) is 30.5 Å². The van der Waals surface area contributed by atoms with E-state index in [0.717, 1.165) is 10.6 Å². The van der Waals surface area contributed by atoms with Crippen LogP contribution in [0.15, 0.2) is 36.5 Å². The van der Waals surface area contributed by atoms with Crippen molar-refractivity contribution in [3.05, 3.63) is 47.7 Å². The summed E-state index contributed by atoms with van der Waals surface area (Å²) in [5.74, 6) is -0.701. The number of amides is 3. The number of carbonyl (C=O) groups excluding carboxylic acids is 3. The number of anilines is 2. The van der Waals surface area contributed by atoms with Gasteiger partial charge in [0, 0.05) is 33.3 Å². The number of hydrogen-bond acceptors (Lipinski definition) is 7. The van der Waals surface area contributed by atoms with Crippen molar-refractivity contribution in [2.24, 2.45) is 0 Å². The highest BCUT2D eigenvalue weighted by Gasteiger charge is 2.40. The van der Waals surface area contributed by atoms with Gasteiger partial charge in [0.25, 0.3) is 11.8 Å². The highest BCUT2D eigenvalue weighted by molar-refractivity contribution is 6.22. The van der Waals surface area contributed by atoms with E-state index in [2.05, 4.69) is 20.8 Å². The molecule has 0 saturated carbocycles. The predicted octanol–water partition coefficient (Wildman–Crippen LogP) is 0.755. The van der Waals surface area contributed by atoms with Gasteiger partial charge in [0.05, 0.1) is 23.0 Å². The van der Waals surface area contributed by atoms with Gasteiger partial charge in [0.15, 0.2) is 5.82 Å².